The van der Waals surface area contributed by atoms with Crippen molar-refractivity contribution in [2.24, 2.45) is 5.41 Å². The Morgan fingerprint density at radius 3 is 2.59 bits per heavy atom. The molecular formula is C21H23N3O5. The molecule has 152 valence electrons. The van der Waals surface area contributed by atoms with Crippen LogP contribution in [0.15, 0.2) is 23.1 Å². The van der Waals surface area contributed by atoms with E-state index in [1.165, 1.54) is 6.07 Å². The summed E-state index contributed by atoms with van der Waals surface area (Å²) in [6.45, 7) is 6.30. The van der Waals surface area contributed by atoms with E-state index in [9.17, 15) is 14.7 Å². The smallest absolute Gasteiger partial charge is 0.341 e. The van der Waals surface area contributed by atoms with Crippen molar-refractivity contribution in [2.75, 3.05) is 14.2 Å². The Balaban J connectivity index is 2.09. The molecule has 0 spiro atoms. The highest BCUT2D eigenvalue weighted by Gasteiger charge is 2.37. The summed E-state index contributed by atoms with van der Waals surface area (Å²) < 4.78 is 12.8. The zero-order valence-corrected chi connectivity index (χ0v) is 17.0. The van der Waals surface area contributed by atoms with Crippen molar-refractivity contribution in [1.29, 1.82) is 0 Å². The van der Waals surface area contributed by atoms with Crippen LogP contribution in [0, 0.1) is 5.41 Å². The molecule has 3 heterocycles. The van der Waals surface area contributed by atoms with Gasteiger partial charge in [0.05, 0.1) is 31.8 Å². The van der Waals surface area contributed by atoms with Crippen LogP contribution >= 0.6 is 0 Å². The van der Waals surface area contributed by atoms with E-state index < -0.39 is 11.5 Å². The van der Waals surface area contributed by atoms with Crippen molar-refractivity contribution in [3.8, 4) is 22.9 Å². The van der Waals surface area contributed by atoms with Gasteiger partial charge in [-0.05, 0) is 29.4 Å². The van der Waals surface area contributed by atoms with Crippen LogP contribution in [0.25, 0.3) is 17.0 Å². The molecule has 8 heteroatoms. The van der Waals surface area contributed by atoms with E-state index in [1.807, 2.05) is 10.6 Å². The van der Waals surface area contributed by atoms with Crippen LogP contribution in [0.4, 0.5) is 0 Å². The molecule has 0 aromatic carbocycles. The van der Waals surface area contributed by atoms with Gasteiger partial charge in [-0.25, -0.2) is 9.78 Å². The summed E-state index contributed by atoms with van der Waals surface area (Å²) in [5.74, 6) is -0.0783. The van der Waals surface area contributed by atoms with Gasteiger partial charge < -0.3 is 19.6 Å². The Hall–Kier alpha value is -3.29. The van der Waals surface area contributed by atoms with E-state index in [0.29, 0.717) is 35.0 Å². The Morgan fingerprint density at radius 2 is 2.00 bits per heavy atom. The molecule has 29 heavy (non-hydrogen) atoms. The molecule has 0 bridgehead atoms. The number of H-pyrrole nitrogens is 1. The molecule has 0 saturated heterocycles. The van der Waals surface area contributed by atoms with Crippen molar-refractivity contribution < 1.29 is 19.4 Å². The fraction of sp³-hybridized carbons (Fsp3) is 0.381. The molecule has 1 aliphatic rings. The van der Waals surface area contributed by atoms with Gasteiger partial charge in [-0.1, -0.05) is 20.8 Å². The first-order valence-corrected chi connectivity index (χ1v) is 9.29. The lowest BCUT2D eigenvalue weighted by Gasteiger charge is -2.35. The minimum absolute atomic E-state index is 0.0166. The number of carbonyl (C=O) groups is 1. The average Bonchev–Trinajstić information content (AvgIpc) is 3.03. The monoisotopic (exact) mass is 397 g/mol. The zero-order valence-electron chi connectivity index (χ0n) is 17.0. The summed E-state index contributed by atoms with van der Waals surface area (Å²) in [6.07, 6.45) is 2.48. The van der Waals surface area contributed by atoms with Crippen molar-refractivity contribution >= 4 is 11.6 Å². The predicted molar refractivity (Wildman–Crippen MR) is 107 cm³/mol. The number of rotatable bonds is 3. The van der Waals surface area contributed by atoms with Gasteiger partial charge in [0.2, 0.25) is 0 Å². The van der Waals surface area contributed by atoms with Crippen molar-refractivity contribution in [2.45, 2.75) is 33.1 Å². The molecule has 0 aliphatic heterocycles. The maximum Gasteiger partial charge on any atom is 0.341 e. The second-order valence-corrected chi connectivity index (χ2v) is 8.32. The van der Waals surface area contributed by atoms with Crippen LogP contribution in [0.2, 0.25) is 0 Å². The number of carboxylic acids is 1. The van der Waals surface area contributed by atoms with Crippen LogP contribution in [-0.2, 0) is 6.42 Å². The number of fused-ring (bicyclic) bond motifs is 5. The molecular weight excluding hydrogens is 374 g/mol. The van der Waals surface area contributed by atoms with Crippen LogP contribution in [0.5, 0.6) is 11.5 Å². The van der Waals surface area contributed by atoms with Crippen LogP contribution < -0.4 is 15.0 Å². The van der Waals surface area contributed by atoms with E-state index in [1.54, 1.807) is 20.3 Å². The maximum atomic E-state index is 12.4. The van der Waals surface area contributed by atoms with E-state index in [-0.39, 0.29) is 16.9 Å². The normalized spacial score (nSPS) is 15.7. The molecule has 3 aromatic rings. The number of methoxy groups -OCH3 is 2. The number of hydrogen-bond acceptors (Lipinski definition) is 5. The van der Waals surface area contributed by atoms with Gasteiger partial charge in [0, 0.05) is 6.07 Å². The number of carboxylic acid groups (broad SMARTS) is 1. The first-order valence-electron chi connectivity index (χ1n) is 9.29. The second kappa shape index (κ2) is 6.37. The maximum absolute atomic E-state index is 12.4. The van der Waals surface area contributed by atoms with Crippen molar-refractivity contribution in [3.63, 3.8) is 0 Å². The van der Waals surface area contributed by atoms with E-state index in [2.05, 4.69) is 25.8 Å². The molecule has 0 saturated carbocycles. The van der Waals surface area contributed by atoms with Crippen LogP contribution in [0.3, 0.4) is 0 Å². The summed E-state index contributed by atoms with van der Waals surface area (Å²) in [7, 11) is 3.15. The van der Waals surface area contributed by atoms with E-state index >= 15 is 0 Å². The molecule has 1 atom stereocenters. The SMILES string of the molecule is COc1cc(OC)c2nc3c(n2c1)CC(C(C)(C)C)c1cc(C(=O)O)c(=O)[nH]c1-3. The minimum Gasteiger partial charge on any atom is -0.495 e. The third-order valence-electron chi connectivity index (χ3n) is 5.57. The number of nitrogens with zero attached hydrogens (tertiary/aromatic N) is 2. The fourth-order valence-electron chi connectivity index (χ4n) is 4.05. The fourth-order valence-corrected chi connectivity index (χ4v) is 4.05. The summed E-state index contributed by atoms with van der Waals surface area (Å²) in [5.41, 5.74) is 2.43. The zero-order chi connectivity index (χ0) is 21.1. The molecule has 1 unspecified atom stereocenters. The molecule has 0 amide bonds. The Labute approximate surface area is 167 Å². The average molecular weight is 397 g/mol. The van der Waals surface area contributed by atoms with Gasteiger partial charge in [-0.3, -0.25) is 9.20 Å². The van der Waals surface area contributed by atoms with Gasteiger partial charge in [0.25, 0.3) is 5.56 Å². The van der Waals surface area contributed by atoms with Crippen LogP contribution in [0.1, 0.15) is 48.3 Å². The number of aromatic carboxylic acids is 1. The first kappa shape index (κ1) is 19.0. The number of aromatic nitrogens is 3. The van der Waals surface area contributed by atoms with Crippen molar-refractivity contribution in [1.82, 2.24) is 14.4 Å². The number of pyridine rings is 2. The summed E-state index contributed by atoms with van der Waals surface area (Å²) >= 11 is 0. The van der Waals surface area contributed by atoms with Gasteiger partial charge in [0.1, 0.15) is 17.0 Å². The Bertz CT molecular complexity index is 1200. The number of nitrogens with one attached hydrogen (secondary N) is 1. The highest BCUT2D eigenvalue weighted by Crippen LogP contribution is 2.47. The summed E-state index contributed by atoms with van der Waals surface area (Å²) in [6, 6.07) is 3.25. The molecule has 8 nitrogen and oxygen atoms in total. The lowest BCUT2D eigenvalue weighted by molar-refractivity contribution is 0.0694. The molecule has 0 radical (unpaired) electrons. The number of aromatic amines is 1. The number of ether oxygens (including phenoxy) is 2. The van der Waals surface area contributed by atoms with Gasteiger partial charge in [0.15, 0.2) is 11.4 Å². The molecule has 2 N–H and O–H groups in total. The molecule has 0 fully saturated rings. The third-order valence-corrected chi connectivity index (χ3v) is 5.57. The predicted octanol–water partition coefficient (Wildman–Crippen LogP) is 3.09. The minimum atomic E-state index is -1.24. The topological polar surface area (TPSA) is 106 Å². The number of imidazole rings is 1. The molecule has 4 rings (SSSR count). The van der Waals surface area contributed by atoms with E-state index in [4.69, 9.17) is 14.5 Å². The summed E-state index contributed by atoms with van der Waals surface area (Å²) in [4.78, 5) is 31.5. The van der Waals surface area contributed by atoms with Gasteiger partial charge in [-0.15, -0.1) is 0 Å². The largest absolute Gasteiger partial charge is 0.495 e. The van der Waals surface area contributed by atoms with E-state index in [0.717, 1.165) is 11.3 Å². The highest BCUT2D eigenvalue weighted by atomic mass is 16.5. The third kappa shape index (κ3) is 2.86. The Morgan fingerprint density at radius 1 is 1.28 bits per heavy atom. The lowest BCUT2D eigenvalue weighted by Crippen LogP contribution is -2.29. The van der Waals surface area contributed by atoms with Crippen molar-refractivity contribution in [3.05, 3.63) is 45.5 Å². The van der Waals surface area contributed by atoms with Crippen LogP contribution in [-0.4, -0.2) is 39.7 Å². The first-order chi connectivity index (χ1) is 13.7. The van der Waals surface area contributed by atoms with Gasteiger partial charge in [-0.2, -0.15) is 0 Å². The Kier molecular flexibility index (Phi) is 4.18. The molecule has 3 aromatic heterocycles. The number of hydrogen-bond donors (Lipinski definition) is 2. The highest BCUT2D eigenvalue weighted by molar-refractivity contribution is 5.88. The molecule has 1 aliphatic carbocycles. The lowest BCUT2D eigenvalue weighted by atomic mass is 9.70. The van der Waals surface area contributed by atoms with Gasteiger partial charge >= 0.3 is 5.97 Å². The summed E-state index contributed by atoms with van der Waals surface area (Å²) in [5, 5.41) is 9.42. The second-order valence-electron chi connectivity index (χ2n) is 8.32. The standard InChI is InChI=1S/C21H23N3O5/c1-21(2,3)13-8-14-17(16-11(13)7-12(20(26)27)19(25)23-16)22-18-15(29-5)6-10(28-4)9-24(14)18/h6-7,9,13H,8H2,1-5H3,(H,23,25)(H,26,27). The quantitative estimate of drug-likeness (QED) is 0.703.